The van der Waals surface area contributed by atoms with Gasteiger partial charge < -0.3 is 15.2 Å². The van der Waals surface area contributed by atoms with Crippen LogP contribution >= 0.6 is 0 Å². The molecule has 30 heavy (non-hydrogen) atoms. The molecule has 0 saturated heterocycles. The molecule has 0 aliphatic heterocycles. The number of pyridine rings is 1. The van der Waals surface area contributed by atoms with E-state index in [0.29, 0.717) is 18.7 Å². The first-order valence-electron chi connectivity index (χ1n) is 9.60. The van der Waals surface area contributed by atoms with E-state index < -0.39 is 5.91 Å². The minimum absolute atomic E-state index is 0.128. The zero-order valence-electron chi connectivity index (χ0n) is 16.2. The number of hydrogen-bond donors (Lipinski definition) is 2. The SMILES string of the molecule is O=C(CNC(=O)c1cc(-c2ccccc2)on1)NCCc1cccc2cccnc12. The molecule has 4 rings (SSSR count). The maximum atomic E-state index is 12.2. The third kappa shape index (κ3) is 4.52. The third-order valence-electron chi connectivity index (χ3n) is 4.64. The molecule has 0 saturated carbocycles. The Bertz CT molecular complexity index is 1170. The molecule has 2 aromatic heterocycles. The van der Waals surface area contributed by atoms with E-state index in [1.54, 1.807) is 12.3 Å². The number of carbonyl (C=O) groups is 2. The molecule has 150 valence electrons. The van der Waals surface area contributed by atoms with Gasteiger partial charge in [-0.1, -0.05) is 59.8 Å². The van der Waals surface area contributed by atoms with E-state index >= 15 is 0 Å². The zero-order chi connectivity index (χ0) is 20.8. The molecule has 0 radical (unpaired) electrons. The highest BCUT2D eigenvalue weighted by molar-refractivity contribution is 5.95. The summed E-state index contributed by atoms with van der Waals surface area (Å²) in [5.41, 5.74) is 2.95. The molecule has 0 atom stereocenters. The lowest BCUT2D eigenvalue weighted by atomic mass is 10.1. The number of nitrogens with zero attached hydrogens (tertiary/aromatic N) is 2. The number of hydrogen-bond acceptors (Lipinski definition) is 5. The lowest BCUT2D eigenvalue weighted by Gasteiger charge is -2.08. The summed E-state index contributed by atoms with van der Waals surface area (Å²) in [6.07, 6.45) is 2.41. The number of nitrogens with one attached hydrogen (secondary N) is 2. The summed E-state index contributed by atoms with van der Waals surface area (Å²) < 4.78 is 5.21. The number of rotatable bonds is 7. The normalized spacial score (nSPS) is 10.7. The van der Waals surface area contributed by atoms with E-state index in [1.165, 1.54) is 0 Å². The fraction of sp³-hybridized carbons (Fsp3) is 0.130. The first-order valence-corrected chi connectivity index (χ1v) is 9.60. The van der Waals surface area contributed by atoms with E-state index in [0.717, 1.165) is 22.0 Å². The quantitative estimate of drug-likeness (QED) is 0.497. The molecular weight excluding hydrogens is 380 g/mol. The predicted octanol–water partition coefficient (Wildman–Crippen LogP) is 2.98. The van der Waals surface area contributed by atoms with Crippen molar-refractivity contribution < 1.29 is 14.1 Å². The number of carbonyl (C=O) groups excluding carboxylic acids is 2. The molecule has 7 heteroatoms. The van der Waals surface area contributed by atoms with E-state index in [2.05, 4.69) is 20.8 Å². The third-order valence-corrected chi connectivity index (χ3v) is 4.64. The van der Waals surface area contributed by atoms with Crippen molar-refractivity contribution in [1.29, 1.82) is 0 Å². The Morgan fingerprint density at radius 1 is 0.933 bits per heavy atom. The molecule has 0 fully saturated rings. The van der Waals surface area contributed by atoms with E-state index in [-0.39, 0.29) is 18.1 Å². The Hall–Kier alpha value is -4.00. The number of para-hydroxylation sites is 1. The number of fused-ring (bicyclic) bond motifs is 1. The minimum atomic E-state index is -0.464. The van der Waals surface area contributed by atoms with Crippen LogP contribution in [0.1, 0.15) is 16.1 Å². The maximum Gasteiger partial charge on any atom is 0.273 e. The van der Waals surface area contributed by atoms with Crippen molar-refractivity contribution in [3.05, 3.63) is 84.2 Å². The van der Waals surface area contributed by atoms with Crippen molar-refractivity contribution in [2.75, 3.05) is 13.1 Å². The van der Waals surface area contributed by atoms with Gasteiger partial charge in [0.25, 0.3) is 5.91 Å². The number of amides is 2. The van der Waals surface area contributed by atoms with Crippen LogP contribution < -0.4 is 10.6 Å². The molecule has 0 spiro atoms. The van der Waals surface area contributed by atoms with E-state index in [4.69, 9.17) is 4.52 Å². The van der Waals surface area contributed by atoms with Crippen LogP contribution in [-0.2, 0) is 11.2 Å². The molecule has 7 nitrogen and oxygen atoms in total. The topological polar surface area (TPSA) is 97.1 Å². The van der Waals surface area contributed by atoms with Crippen LogP contribution in [0, 0.1) is 0 Å². The number of benzene rings is 2. The van der Waals surface area contributed by atoms with E-state index in [1.807, 2.05) is 60.7 Å². The van der Waals surface area contributed by atoms with Gasteiger partial charge in [0.05, 0.1) is 12.1 Å². The predicted molar refractivity (Wildman–Crippen MR) is 113 cm³/mol. The largest absolute Gasteiger partial charge is 0.355 e. The molecular formula is C23H20N4O3. The Balaban J connectivity index is 1.26. The fourth-order valence-corrected chi connectivity index (χ4v) is 3.14. The first kappa shape index (κ1) is 19.3. The molecule has 2 N–H and O–H groups in total. The van der Waals surface area contributed by atoms with Gasteiger partial charge in [0, 0.05) is 29.8 Å². The van der Waals surface area contributed by atoms with Gasteiger partial charge in [0.1, 0.15) is 0 Å². The molecule has 0 unspecified atom stereocenters. The van der Waals surface area contributed by atoms with Crippen LogP contribution in [0.2, 0.25) is 0 Å². The molecule has 2 amide bonds. The molecule has 0 aliphatic rings. The lowest BCUT2D eigenvalue weighted by Crippen LogP contribution is -2.37. The monoisotopic (exact) mass is 400 g/mol. The molecule has 2 heterocycles. The Morgan fingerprint density at radius 3 is 2.63 bits per heavy atom. The summed E-state index contributed by atoms with van der Waals surface area (Å²) in [5.74, 6) is -0.244. The lowest BCUT2D eigenvalue weighted by molar-refractivity contribution is -0.120. The standard InChI is InChI=1S/C23H20N4O3/c28-21(24-13-11-18-9-4-8-17-10-5-12-25-22(17)18)15-26-23(29)19-14-20(30-27-19)16-6-2-1-3-7-16/h1-10,12,14H,11,13,15H2,(H,24,28)(H,26,29). The van der Waals surface area contributed by atoms with Crippen molar-refractivity contribution in [1.82, 2.24) is 20.8 Å². The van der Waals surface area contributed by atoms with Gasteiger partial charge in [-0.15, -0.1) is 0 Å². The van der Waals surface area contributed by atoms with Crippen LogP contribution in [-0.4, -0.2) is 35.0 Å². The van der Waals surface area contributed by atoms with Gasteiger partial charge in [0.2, 0.25) is 5.91 Å². The Morgan fingerprint density at radius 2 is 1.77 bits per heavy atom. The van der Waals surface area contributed by atoms with Crippen molar-refractivity contribution in [3.8, 4) is 11.3 Å². The molecule has 0 aliphatic carbocycles. The smallest absolute Gasteiger partial charge is 0.273 e. The Labute approximate surface area is 173 Å². The van der Waals surface area contributed by atoms with Gasteiger partial charge in [-0.05, 0) is 18.1 Å². The average Bonchev–Trinajstić information content (AvgIpc) is 3.29. The van der Waals surface area contributed by atoms with Crippen LogP contribution in [0.4, 0.5) is 0 Å². The highest BCUT2D eigenvalue weighted by atomic mass is 16.5. The zero-order valence-corrected chi connectivity index (χ0v) is 16.2. The summed E-state index contributed by atoms with van der Waals surface area (Å²) in [4.78, 5) is 28.7. The van der Waals surface area contributed by atoms with Gasteiger partial charge in [-0.25, -0.2) is 0 Å². The van der Waals surface area contributed by atoms with Crippen molar-refractivity contribution >= 4 is 22.7 Å². The molecule has 0 bridgehead atoms. The van der Waals surface area contributed by atoms with Gasteiger partial charge >= 0.3 is 0 Å². The van der Waals surface area contributed by atoms with Crippen LogP contribution in [0.5, 0.6) is 0 Å². The second kappa shape index (κ2) is 9.00. The second-order valence-electron chi connectivity index (χ2n) is 6.72. The van der Waals surface area contributed by atoms with Gasteiger partial charge in [-0.2, -0.15) is 0 Å². The summed E-state index contributed by atoms with van der Waals surface area (Å²) in [6, 6.07) is 20.8. The van der Waals surface area contributed by atoms with Crippen molar-refractivity contribution in [2.45, 2.75) is 6.42 Å². The first-order chi connectivity index (χ1) is 14.7. The molecule has 4 aromatic rings. The summed E-state index contributed by atoms with van der Waals surface area (Å²) in [7, 11) is 0. The minimum Gasteiger partial charge on any atom is -0.355 e. The molecule has 2 aromatic carbocycles. The summed E-state index contributed by atoms with van der Waals surface area (Å²) in [5, 5.41) is 10.2. The highest BCUT2D eigenvalue weighted by Crippen LogP contribution is 2.19. The summed E-state index contributed by atoms with van der Waals surface area (Å²) >= 11 is 0. The van der Waals surface area contributed by atoms with E-state index in [9.17, 15) is 9.59 Å². The van der Waals surface area contributed by atoms with Crippen molar-refractivity contribution in [3.63, 3.8) is 0 Å². The Kier molecular flexibility index (Phi) is 5.80. The van der Waals surface area contributed by atoms with Gasteiger partial charge in [0.15, 0.2) is 11.5 Å². The van der Waals surface area contributed by atoms with Gasteiger partial charge in [-0.3, -0.25) is 14.6 Å². The van der Waals surface area contributed by atoms with Crippen LogP contribution in [0.25, 0.3) is 22.2 Å². The maximum absolute atomic E-state index is 12.2. The highest BCUT2D eigenvalue weighted by Gasteiger charge is 2.14. The van der Waals surface area contributed by atoms with Crippen LogP contribution in [0.3, 0.4) is 0 Å². The number of aromatic nitrogens is 2. The average molecular weight is 400 g/mol. The van der Waals surface area contributed by atoms with Crippen LogP contribution in [0.15, 0.2) is 77.4 Å². The summed E-state index contributed by atoms with van der Waals surface area (Å²) in [6.45, 7) is 0.312. The second-order valence-corrected chi connectivity index (χ2v) is 6.72. The fourth-order valence-electron chi connectivity index (χ4n) is 3.14. The van der Waals surface area contributed by atoms with Crippen molar-refractivity contribution in [2.24, 2.45) is 0 Å².